The number of halogens is 1. The molecule has 1 aromatic carbocycles. The Kier molecular flexibility index (Phi) is 4.45. The van der Waals surface area contributed by atoms with Crippen molar-refractivity contribution in [1.29, 1.82) is 0 Å². The van der Waals surface area contributed by atoms with E-state index in [4.69, 9.17) is 4.74 Å². The highest BCUT2D eigenvalue weighted by atomic mass is 79.9. The van der Waals surface area contributed by atoms with E-state index in [0.29, 0.717) is 18.9 Å². The molecule has 3 rings (SSSR count). The van der Waals surface area contributed by atoms with E-state index in [-0.39, 0.29) is 5.78 Å². The monoisotopic (exact) mass is 336 g/mol. The maximum absolute atomic E-state index is 12.6. The zero-order chi connectivity index (χ0) is 13.9. The second-order valence-electron chi connectivity index (χ2n) is 6.02. The number of ketones is 1. The largest absolute Gasteiger partial charge is 0.492 e. The predicted octanol–water partition coefficient (Wildman–Crippen LogP) is 4.93. The van der Waals surface area contributed by atoms with Gasteiger partial charge in [-0.2, -0.15) is 0 Å². The SMILES string of the molecule is O=C(CC1CCCCCC1)c1cc(Br)cc2c1OCC2. The van der Waals surface area contributed by atoms with Gasteiger partial charge in [-0.15, -0.1) is 0 Å². The lowest BCUT2D eigenvalue weighted by molar-refractivity contribution is 0.0954. The van der Waals surface area contributed by atoms with Gasteiger partial charge in [-0.25, -0.2) is 0 Å². The summed E-state index contributed by atoms with van der Waals surface area (Å²) in [6.45, 7) is 0.704. The molecule has 3 heteroatoms. The zero-order valence-corrected chi connectivity index (χ0v) is 13.4. The van der Waals surface area contributed by atoms with Crippen LogP contribution >= 0.6 is 15.9 Å². The number of Topliss-reactive ketones (excluding diaryl/α,β-unsaturated/α-hetero) is 1. The molecule has 108 valence electrons. The van der Waals surface area contributed by atoms with Gasteiger partial charge >= 0.3 is 0 Å². The molecule has 0 spiro atoms. The van der Waals surface area contributed by atoms with Gasteiger partial charge in [0.15, 0.2) is 5.78 Å². The first-order valence-electron chi connectivity index (χ1n) is 7.72. The van der Waals surface area contributed by atoms with Crippen LogP contribution in [0, 0.1) is 5.92 Å². The number of carbonyl (C=O) groups excluding carboxylic acids is 1. The van der Waals surface area contributed by atoms with Crippen LogP contribution in [0.3, 0.4) is 0 Å². The van der Waals surface area contributed by atoms with Gasteiger partial charge in [-0.3, -0.25) is 4.79 Å². The van der Waals surface area contributed by atoms with Crippen molar-refractivity contribution in [3.8, 4) is 5.75 Å². The topological polar surface area (TPSA) is 26.3 Å². The van der Waals surface area contributed by atoms with Crippen molar-refractivity contribution in [2.24, 2.45) is 5.92 Å². The summed E-state index contributed by atoms with van der Waals surface area (Å²) >= 11 is 3.51. The fourth-order valence-electron chi connectivity index (χ4n) is 3.42. The van der Waals surface area contributed by atoms with Crippen LogP contribution in [0.1, 0.15) is 60.9 Å². The van der Waals surface area contributed by atoms with E-state index in [9.17, 15) is 4.79 Å². The summed E-state index contributed by atoms with van der Waals surface area (Å²) in [6, 6.07) is 4.01. The summed E-state index contributed by atoms with van der Waals surface area (Å²) in [4.78, 5) is 12.6. The van der Waals surface area contributed by atoms with Crippen molar-refractivity contribution in [3.63, 3.8) is 0 Å². The minimum atomic E-state index is 0.261. The van der Waals surface area contributed by atoms with Crippen molar-refractivity contribution < 1.29 is 9.53 Å². The number of benzene rings is 1. The van der Waals surface area contributed by atoms with E-state index in [2.05, 4.69) is 22.0 Å². The Bertz CT molecular complexity index is 502. The lowest BCUT2D eigenvalue weighted by Gasteiger charge is -2.14. The van der Waals surface area contributed by atoms with Gasteiger partial charge in [0.2, 0.25) is 0 Å². The Labute approximate surface area is 129 Å². The van der Waals surface area contributed by atoms with Crippen LogP contribution in [0.4, 0.5) is 0 Å². The number of hydrogen-bond donors (Lipinski definition) is 0. The summed E-state index contributed by atoms with van der Waals surface area (Å²) < 4.78 is 6.67. The Hall–Kier alpha value is -0.830. The van der Waals surface area contributed by atoms with E-state index in [1.165, 1.54) is 44.1 Å². The molecule has 1 heterocycles. The summed E-state index contributed by atoms with van der Waals surface area (Å²) in [5.41, 5.74) is 1.96. The first kappa shape index (κ1) is 14.1. The first-order chi connectivity index (χ1) is 9.74. The molecule has 0 N–H and O–H groups in total. The van der Waals surface area contributed by atoms with Gasteiger partial charge in [-0.1, -0.05) is 54.5 Å². The highest BCUT2D eigenvalue weighted by molar-refractivity contribution is 9.10. The normalized spacial score (nSPS) is 19.2. The summed E-state index contributed by atoms with van der Waals surface area (Å²) in [7, 11) is 0. The maximum atomic E-state index is 12.6. The fraction of sp³-hybridized carbons (Fsp3) is 0.588. The van der Waals surface area contributed by atoms with Crippen molar-refractivity contribution in [3.05, 3.63) is 27.7 Å². The van der Waals surface area contributed by atoms with Crippen molar-refractivity contribution in [2.45, 2.75) is 51.4 Å². The van der Waals surface area contributed by atoms with Crippen molar-refractivity contribution in [2.75, 3.05) is 6.61 Å². The second-order valence-corrected chi connectivity index (χ2v) is 6.94. The van der Waals surface area contributed by atoms with Crippen LogP contribution < -0.4 is 4.74 Å². The first-order valence-corrected chi connectivity index (χ1v) is 8.52. The number of ether oxygens (including phenoxy) is 1. The van der Waals surface area contributed by atoms with Crippen molar-refractivity contribution >= 4 is 21.7 Å². The molecule has 0 radical (unpaired) electrons. The molecule has 2 aliphatic rings. The zero-order valence-electron chi connectivity index (χ0n) is 11.8. The van der Waals surface area contributed by atoms with E-state index in [1.54, 1.807) is 0 Å². The Balaban J connectivity index is 1.77. The van der Waals surface area contributed by atoms with Gasteiger partial charge in [0.05, 0.1) is 12.2 Å². The lowest BCUT2D eigenvalue weighted by Crippen LogP contribution is -2.09. The van der Waals surface area contributed by atoms with Crippen LogP contribution in [0.25, 0.3) is 0 Å². The average Bonchev–Trinajstić information content (AvgIpc) is 2.74. The molecular weight excluding hydrogens is 316 g/mol. The second kappa shape index (κ2) is 6.30. The molecule has 1 saturated carbocycles. The third-order valence-corrected chi connectivity index (χ3v) is 4.96. The lowest BCUT2D eigenvalue weighted by atomic mass is 9.91. The molecule has 0 bridgehead atoms. The molecule has 20 heavy (non-hydrogen) atoms. The van der Waals surface area contributed by atoms with E-state index in [0.717, 1.165) is 22.2 Å². The maximum Gasteiger partial charge on any atom is 0.166 e. The Morgan fingerprint density at radius 2 is 1.95 bits per heavy atom. The van der Waals surface area contributed by atoms with Crippen LogP contribution in [0.15, 0.2) is 16.6 Å². The number of hydrogen-bond acceptors (Lipinski definition) is 2. The number of carbonyl (C=O) groups is 1. The molecule has 0 atom stereocenters. The van der Waals surface area contributed by atoms with Gasteiger partial charge in [0.25, 0.3) is 0 Å². The molecule has 1 fully saturated rings. The molecule has 1 aromatic rings. The minimum absolute atomic E-state index is 0.261. The van der Waals surface area contributed by atoms with Gasteiger partial charge in [0, 0.05) is 17.3 Å². The molecular formula is C17H21BrO2. The highest BCUT2D eigenvalue weighted by Crippen LogP contribution is 2.35. The molecule has 0 saturated heterocycles. The quantitative estimate of drug-likeness (QED) is 0.578. The van der Waals surface area contributed by atoms with Crippen molar-refractivity contribution in [1.82, 2.24) is 0 Å². The molecule has 0 unspecified atom stereocenters. The molecule has 0 aromatic heterocycles. The standard InChI is InChI=1S/C17H21BrO2/c18-14-10-13-7-8-20-17(13)15(11-14)16(19)9-12-5-3-1-2-4-6-12/h10-12H,1-9H2. The Morgan fingerprint density at radius 1 is 1.20 bits per heavy atom. The third-order valence-electron chi connectivity index (χ3n) is 4.50. The predicted molar refractivity (Wildman–Crippen MR) is 83.5 cm³/mol. The number of rotatable bonds is 3. The summed E-state index contributed by atoms with van der Waals surface area (Å²) in [5, 5.41) is 0. The van der Waals surface area contributed by atoms with Gasteiger partial charge in [0.1, 0.15) is 5.75 Å². The fourth-order valence-corrected chi connectivity index (χ4v) is 3.92. The molecule has 0 amide bonds. The molecule has 2 nitrogen and oxygen atoms in total. The van der Waals surface area contributed by atoms with Gasteiger partial charge < -0.3 is 4.74 Å². The third kappa shape index (κ3) is 3.08. The van der Waals surface area contributed by atoms with Crippen LogP contribution in [-0.2, 0) is 6.42 Å². The van der Waals surface area contributed by atoms with E-state index in [1.807, 2.05) is 6.07 Å². The summed E-state index contributed by atoms with van der Waals surface area (Å²) in [5.74, 6) is 1.67. The summed E-state index contributed by atoms with van der Waals surface area (Å²) in [6.07, 6.45) is 9.26. The van der Waals surface area contributed by atoms with E-state index >= 15 is 0 Å². The van der Waals surface area contributed by atoms with Crippen LogP contribution in [0.2, 0.25) is 0 Å². The van der Waals surface area contributed by atoms with Crippen LogP contribution in [-0.4, -0.2) is 12.4 Å². The van der Waals surface area contributed by atoms with Gasteiger partial charge in [-0.05, 0) is 23.6 Å². The Morgan fingerprint density at radius 3 is 2.70 bits per heavy atom. The average molecular weight is 337 g/mol. The highest BCUT2D eigenvalue weighted by Gasteiger charge is 2.24. The number of fused-ring (bicyclic) bond motifs is 1. The molecule has 1 aliphatic carbocycles. The smallest absolute Gasteiger partial charge is 0.166 e. The van der Waals surface area contributed by atoms with E-state index < -0.39 is 0 Å². The minimum Gasteiger partial charge on any atom is -0.492 e. The van der Waals surface area contributed by atoms with Crippen LogP contribution in [0.5, 0.6) is 5.75 Å². The molecule has 1 aliphatic heterocycles.